The molecule has 2 aromatic heterocycles. The van der Waals surface area contributed by atoms with Crippen LogP contribution in [-0.4, -0.2) is 32.8 Å². The summed E-state index contributed by atoms with van der Waals surface area (Å²) < 4.78 is 11.8. The van der Waals surface area contributed by atoms with E-state index in [1.165, 1.54) is 11.8 Å². The molecule has 0 bridgehead atoms. The van der Waals surface area contributed by atoms with Gasteiger partial charge in [-0.2, -0.15) is 4.98 Å². The number of ether oxygens (including phenoxy) is 2. The highest BCUT2D eigenvalue weighted by Gasteiger charge is 2.16. The molecule has 0 saturated heterocycles. The molecule has 0 saturated carbocycles. The number of carbonyl (C=O) groups is 1. The van der Waals surface area contributed by atoms with Crippen molar-refractivity contribution in [2.24, 2.45) is 7.05 Å². The molecule has 0 N–H and O–H groups in total. The van der Waals surface area contributed by atoms with Gasteiger partial charge in [0.25, 0.3) is 5.82 Å². The minimum Gasteiger partial charge on any atom is -0.487 e. The molecule has 0 radical (unpaired) electrons. The highest BCUT2D eigenvalue weighted by molar-refractivity contribution is 5.85. The second-order valence-electron chi connectivity index (χ2n) is 5.03. The third kappa shape index (κ3) is 3.40. The molecule has 3 rings (SSSR count). The van der Waals surface area contributed by atoms with Crippen molar-refractivity contribution >= 4 is 5.97 Å². The maximum absolute atomic E-state index is 11.5. The Bertz CT molecular complexity index is 829. The first kappa shape index (κ1) is 15.7. The lowest BCUT2D eigenvalue weighted by molar-refractivity contribution is 0.0586. The number of aryl methyl sites for hydroxylation is 1. The van der Waals surface area contributed by atoms with Gasteiger partial charge in [-0.3, -0.25) is 0 Å². The SMILES string of the molecule is COC(=O)c1nc(-c2ccc(OCc3ccccc3)cn2)n(C)n1. The van der Waals surface area contributed by atoms with E-state index in [-0.39, 0.29) is 5.82 Å². The van der Waals surface area contributed by atoms with E-state index in [9.17, 15) is 4.79 Å². The van der Waals surface area contributed by atoms with Crippen LogP contribution in [0.1, 0.15) is 16.2 Å². The van der Waals surface area contributed by atoms with Gasteiger partial charge in [0.15, 0.2) is 5.82 Å². The van der Waals surface area contributed by atoms with Gasteiger partial charge in [-0.1, -0.05) is 30.3 Å². The predicted molar refractivity (Wildman–Crippen MR) is 86.3 cm³/mol. The number of methoxy groups -OCH3 is 1. The maximum Gasteiger partial charge on any atom is 0.377 e. The molecule has 1 aromatic carbocycles. The summed E-state index contributed by atoms with van der Waals surface area (Å²) in [5, 5.41) is 4.02. The summed E-state index contributed by atoms with van der Waals surface area (Å²) in [6.45, 7) is 0.471. The monoisotopic (exact) mass is 324 g/mol. The number of nitrogens with zero attached hydrogens (tertiary/aromatic N) is 4. The van der Waals surface area contributed by atoms with Gasteiger partial charge in [0.1, 0.15) is 18.1 Å². The molecule has 24 heavy (non-hydrogen) atoms. The Labute approximate surface area is 138 Å². The first-order chi connectivity index (χ1) is 11.7. The summed E-state index contributed by atoms with van der Waals surface area (Å²) in [6.07, 6.45) is 1.62. The molecule has 0 aliphatic carbocycles. The fraction of sp³-hybridized carbons (Fsp3) is 0.176. The van der Waals surface area contributed by atoms with Crippen molar-refractivity contribution in [2.75, 3.05) is 7.11 Å². The summed E-state index contributed by atoms with van der Waals surface area (Å²) in [6, 6.07) is 13.5. The quantitative estimate of drug-likeness (QED) is 0.670. The topological polar surface area (TPSA) is 79.1 Å². The molecule has 0 unspecified atom stereocenters. The van der Waals surface area contributed by atoms with Gasteiger partial charge in [-0.05, 0) is 17.7 Å². The predicted octanol–water partition coefficient (Wildman–Crippen LogP) is 2.24. The lowest BCUT2D eigenvalue weighted by Gasteiger charge is -2.06. The molecule has 0 spiro atoms. The Morgan fingerprint density at radius 3 is 2.62 bits per heavy atom. The fourth-order valence-electron chi connectivity index (χ4n) is 2.12. The number of aromatic nitrogens is 4. The summed E-state index contributed by atoms with van der Waals surface area (Å²) in [5.74, 6) is 0.545. The number of hydrogen-bond donors (Lipinski definition) is 0. The standard InChI is InChI=1S/C17H16N4O3/c1-21-16(19-15(20-21)17(22)23-2)14-9-8-13(10-18-14)24-11-12-6-4-3-5-7-12/h3-10H,11H2,1-2H3. The number of carbonyl (C=O) groups excluding carboxylic acids is 1. The first-order valence-corrected chi connectivity index (χ1v) is 7.30. The minimum atomic E-state index is -0.584. The van der Waals surface area contributed by atoms with Crippen LogP contribution in [0.25, 0.3) is 11.5 Å². The highest BCUT2D eigenvalue weighted by Crippen LogP contribution is 2.18. The molecule has 7 nitrogen and oxygen atoms in total. The summed E-state index contributed by atoms with van der Waals surface area (Å²) in [7, 11) is 2.98. The third-order valence-corrected chi connectivity index (χ3v) is 3.34. The Hall–Kier alpha value is -3.22. The molecule has 0 aliphatic rings. The molecule has 0 amide bonds. The van der Waals surface area contributed by atoms with Gasteiger partial charge in [-0.15, -0.1) is 5.10 Å². The third-order valence-electron chi connectivity index (χ3n) is 3.34. The Morgan fingerprint density at radius 1 is 1.17 bits per heavy atom. The minimum absolute atomic E-state index is 0.00111. The fourth-order valence-corrected chi connectivity index (χ4v) is 2.12. The zero-order chi connectivity index (χ0) is 16.9. The maximum atomic E-state index is 11.5. The van der Waals surface area contributed by atoms with Gasteiger partial charge in [0.2, 0.25) is 0 Å². The number of rotatable bonds is 5. The van der Waals surface area contributed by atoms with Crippen LogP contribution < -0.4 is 4.74 Å². The van der Waals surface area contributed by atoms with Crippen LogP contribution in [0.2, 0.25) is 0 Å². The average Bonchev–Trinajstić information content (AvgIpc) is 3.02. The molecular weight excluding hydrogens is 308 g/mol. The van der Waals surface area contributed by atoms with Crippen LogP contribution in [0.5, 0.6) is 5.75 Å². The second-order valence-corrected chi connectivity index (χ2v) is 5.03. The number of pyridine rings is 1. The van der Waals surface area contributed by atoms with Crippen LogP contribution in [0.3, 0.4) is 0 Å². The van der Waals surface area contributed by atoms with Crippen molar-refractivity contribution < 1.29 is 14.3 Å². The van der Waals surface area contributed by atoms with Crippen LogP contribution >= 0.6 is 0 Å². The number of esters is 1. The second kappa shape index (κ2) is 6.91. The van der Waals surface area contributed by atoms with Gasteiger partial charge in [0, 0.05) is 7.05 Å². The van der Waals surface area contributed by atoms with Gasteiger partial charge >= 0.3 is 5.97 Å². The molecule has 0 aliphatic heterocycles. The molecule has 122 valence electrons. The van der Waals surface area contributed by atoms with Gasteiger partial charge < -0.3 is 9.47 Å². The molecule has 2 heterocycles. The zero-order valence-electron chi connectivity index (χ0n) is 13.3. The van der Waals surface area contributed by atoms with E-state index in [1.54, 1.807) is 25.4 Å². The van der Waals surface area contributed by atoms with E-state index in [0.717, 1.165) is 5.56 Å². The normalized spacial score (nSPS) is 10.4. The van der Waals surface area contributed by atoms with Crippen molar-refractivity contribution in [2.45, 2.75) is 6.61 Å². The van der Waals surface area contributed by atoms with Crippen LogP contribution in [-0.2, 0) is 18.4 Å². The van der Waals surface area contributed by atoms with Gasteiger partial charge in [-0.25, -0.2) is 14.5 Å². The van der Waals surface area contributed by atoms with E-state index in [1.807, 2.05) is 30.3 Å². The summed E-state index contributed by atoms with van der Waals surface area (Å²) in [5.41, 5.74) is 1.67. The van der Waals surface area contributed by atoms with E-state index in [4.69, 9.17) is 4.74 Å². The first-order valence-electron chi connectivity index (χ1n) is 7.30. The Balaban J connectivity index is 1.72. The zero-order valence-corrected chi connectivity index (χ0v) is 13.3. The van der Waals surface area contributed by atoms with Crippen LogP contribution in [0.15, 0.2) is 48.7 Å². The van der Waals surface area contributed by atoms with E-state index >= 15 is 0 Å². The summed E-state index contributed by atoms with van der Waals surface area (Å²) >= 11 is 0. The van der Waals surface area contributed by atoms with Crippen LogP contribution in [0.4, 0.5) is 0 Å². The lowest BCUT2D eigenvalue weighted by atomic mass is 10.2. The molecule has 3 aromatic rings. The number of hydrogen-bond acceptors (Lipinski definition) is 6. The lowest BCUT2D eigenvalue weighted by Crippen LogP contribution is -2.04. The Kier molecular flexibility index (Phi) is 4.51. The summed E-state index contributed by atoms with van der Waals surface area (Å²) in [4.78, 5) is 20.0. The van der Waals surface area contributed by atoms with E-state index in [0.29, 0.717) is 23.9 Å². The van der Waals surface area contributed by atoms with Crippen molar-refractivity contribution in [3.05, 3.63) is 60.0 Å². The van der Waals surface area contributed by atoms with Crippen molar-refractivity contribution in [1.82, 2.24) is 19.7 Å². The van der Waals surface area contributed by atoms with Crippen molar-refractivity contribution in [3.63, 3.8) is 0 Å². The largest absolute Gasteiger partial charge is 0.487 e. The van der Waals surface area contributed by atoms with Gasteiger partial charge in [0.05, 0.1) is 13.3 Å². The average molecular weight is 324 g/mol. The van der Waals surface area contributed by atoms with E-state index < -0.39 is 5.97 Å². The smallest absolute Gasteiger partial charge is 0.377 e. The Morgan fingerprint density at radius 2 is 1.96 bits per heavy atom. The van der Waals surface area contributed by atoms with Crippen molar-refractivity contribution in [3.8, 4) is 17.3 Å². The molecular formula is C17H16N4O3. The van der Waals surface area contributed by atoms with E-state index in [2.05, 4.69) is 19.8 Å². The number of benzene rings is 1. The molecule has 0 atom stereocenters. The molecule has 0 fully saturated rings. The highest BCUT2D eigenvalue weighted by atomic mass is 16.5. The molecule has 7 heteroatoms. The van der Waals surface area contributed by atoms with Crippen molar-refractivity contribution in [1.29, 1.82) is 0 Å². The van der Waals surface area contributed by atoms with Crippen LogP contribution in [0, 0.1) is 0 Å².